The van der Waals surface area contributed by atoms with Gasteiger partial charge in [-0.1, -0.05) is 0 Å². The number of hydrogen-bond acceptors (Lipinski definition) is 3. The number of rotatable bonds is 3. The van der Waals surface area contributed by atoms with Gasteiger partial charge in [0, 0.05) is 0 Å². The summed E-state index contributed by atoms with van der Waals surface area (Å²) >= 11 is 0. The Balaban J connectivity index is 3.24. The van der Waals surface area contributed by atoms with Gasteiger partial charge in [-0.25, -0.2) is 14.4 Å². The number of carboxylic acid groups (broad SMARTS) is 2. The normalized spacial score (nSPS) is 9.50. The number of amides is 2. The smallest absolute Gasteiger partial charge is 0.337 e. The summed E-state index contributed by atoms with van der Waals surface area (Å²) in [4.78, 5) is 32.0. The Morgan fingerprint density at radius 1 is 1.12 bits per heavy atom. The third-order valence-corrected chi connectivity index (χ3v) is 1.75. The Labute approximate surface area is 89.5 Å². The average molecular weight is 224 g/mol. The van der Waals surface area contributed by atoms with Crippen molar-refractivity contribution >= 4 is 23.7 Å². The summed E-state index contributed by atoms with van der Waals surface area (Å²) in [5.41, 5.74) is 4.26. The summed E-state index contributed by atoms with van der Waals surface area (Å²) < 4.78 is 0. The number of carbonyl (C=O) groups excluding carboxylic acids is 1. The molecule has 7 nitrogen and oxygen atoms in total. The highest BCUT2D eigenvalue weighted by atomic mass is 16.4. The van der Waals surface area contributed by atoms with Gasteiger partial charge in [0.15, 0.2) is 0 Å². The van der Waals surface area contributed by atoms with Crippen molar-refractivity contribution in [1.29, 1.82) is 0 Å². The number of urea groups is 1. The minimum absolute atomic E-state index is 0.0509. The van der Waals surface area contributed by atoms with Gasteiger partial charge in [-0.05, 0) is 18.2 Å². The van der Waals surface area contributed by atoms with E-state index in [1.54, 1.807) is 0 Å². The topological polar surface area (TPSA) is 130 Å². The molecular weight excluding hydrogens is 216 g/mol. The fourth-order valence-electron chi connectivity index (χ4n) is 1.10. The first kappa shape index (κ1) is 11.5. The molecule has 0 aromatic heterocycles. The van der Waals surface area contributed by atoms with Gasteiger partial charge in [-0.15, -0.1) is 0 Å². The molecule has 0 atom stereocenters. The van der Waals surface area contributed by atoms with E-state index in [1.165, 1.54) is 6.07 Å². The van der Waals surface area contributed by atoms with Crippen LogP contribution < -0.4 is 11.1 Å². The minimum atomic E-state index is -1.35. The molecule has 1 rings (SSSR count). The molecule has 84 valence electrons. The van der Waals surface area contributed by atoms with Crippen molar-refractivity contribution in [3.63, 3.8) is 0 Å². The Hall–Kier alpha value is -2.57. The van der Waals surface area contributed by atoms with Crippen molar-refractivity contribution in [3.8, 4) is 0 Å². The third kappa shape index (κ3) is 2.47. The fraction of sp³-hybridized carbons (Fsp3) is 0. The van der Waals surface area contributed by atoms with Crippen LogP contribution in [0.3, 0.4) is 0 Å². The number of nitrogens with one attached hydrogen (secondary N) is 1. The van der Waals surface area contributed by atoms with Gasteiger partial charge in [0.05, 0.1) is 16.8 Å². The third-order valence-electron chi connectivity index (χ3n) is 1.75. The molecule has 0 spiro atoms. The second-order valence-electron chi connectivity index (χ2n) is 2.86. The first-order valence-corrected chi connectivity index (χ1v) is 4.09. The molecule has 1 aromatic carbocycles. The van der Waals surface area contributed by atoms with E-state index < -0.39 is 18.0 Å². The van der Waals surface area contributed by atoms with Crippen LogP contribution in [0.2, 0.25) is 0 Å². The van der Waals surface area contributed by atoms with E-state index in [1.807, 2.05) is 0 Å². The average Bonchev–Trinajstić information content (AvgIpc) is 2.16. The van der Waals surface area contributed by atoms with Gasteiger partial charge in [0.2, 0.25) is 0 Å². The summed E-state index contributed by atoms with van der Waals surface area (Å²) in [5.74, 6) is -2.61. The zero-order chi connectivity index (χ0) is 12.3. The quantitative estimate of drug-likeness (QED) is 0.596. The lowest BCUT2D eigenvalue weighted by Crippen LogP contribution is -2.21. The van der Waals surface area contributed by atoms with Crippen LogP contribution in [0.15, 0.2) is 18.2 Å². The van der Waals surface area contributed by atoms with Crippen molar-refractivity contribution in [1.82, 2.24) is 0 Å². The van der Waals surface area contributed by atoms with Crippen LogP contribution in [0.4, 0.5) is 10.5 Å². The van der Waals surface area contributed by atoms with Gasteiger partial charge >= 0.3 is 18.0 Å². The molecule has 5 N–H and O–H groups in total. The maximum absolute atomic E-state index is 10.8. The van der Waals surface area contributed by atoms with Crippen LogP contribution in [-0.4, -0.2) is 28.2 Å². The highest BCUT2D eigenvalue weighted by Gasteiger charge is 2.14. The van der Waals surface area contributed by atoms with E-state index in [-0.39, 0.29) is 16.8 Å². The number of anilines is 1. The number of primary amides is 1. The van der Waals surface area contributed by atoms with Gasteiger partial charge < -0.3 is 21.3 Å². The van der Waals surface area contributed by atoms with Crippen LogP contribution in [0.25, 0.3) is 0 Å². The molecule has 0 aliphatic carbocycles. The number of aromatic carboxylic acids is 2. The number of carboxylic acids is 2. The highest BCUT2D eigenvalue weighted by molar-refractivity contribution is 6.02. The maximum Gasteiger partial charge on any atom is 0.337 e. The van der Waals surface area contributed by atoms with Crippen molar-refractivity contribution < 1.29 is 24.6 Å². The Morgan fingerprint density at radius 2 is 1.75 bits per heavy atom. The van der Waals surface area contributed by atoms with E-state index in [9.17, 15) is 14.4 Å². The SMILES string of the molecule is NC(=O)Nc1ccc(C(=O)O)cc1C(=O)O. The lowest BCUT2D eigenvalue weighted by Gasteiger charge is -2.06. The second kappa shape index (κ2) is 4.30. The van der Waals surface area contributed by atoms with Crippen molar-refractivity contribution in [2.75, 3.05) is 5.32 Å². The van der Waals surface area contributed by atoms with Gasteiger partial charge in [-0.2, -0.15) is 0 Å². The largest absolute Gasteiger partial charge is 0.478 e. The molecule has 0 aliphatic heterocycles. The first-order chi connectivity index (χ1) is 7.41. The molecule has 7 heteroatoms. The molecule has 1 aromatic rings. The minimum Gasteiger partial charge on any atom is -0.478 e. The number of carbonyl (C=O) groups is 3. The van der Waals surface area contributed by atoms with Gasteiger partial charge in [0.25, 0.3) is 0 Å². The predicted octanol–water partition coefficient (Wildman–Crippen LogP) is 0.574. The van der Waals surface area contributed by atoms with E-state index in [2.05, 4.69) is 5.32 Å². The van der Waals surface area contributed by atoms with Gasteiger partial charge in [0.1, 0.15) is 0 Å². The van der Waals surface area contributed by atoms with Crippen molar-refractivity contribution in [3.05, 3.63) is 29.3 Å². The van der Waals surface area contributed by atoms with Crippen LogP contribution in [0.5, 0.6) is 0 Å². The van der Waals surface area contributed by atoms with Crippen LogP contribution in [0.1, 0.15) is 20.7 Å². The molecular formula is C9H8N2O5. The van der Waals surface area contributed by atoms with Crippen molar-refractivity contribution in [2.45, 2.75) is 0 Å². The molecule has 0 aliphatic rings. The summed E-state index contributed by atoms with van der Waals surface area (Å²) in [6.07, 6.45) is 0. The standard InChI is InChI=1S/C9H8N2O5/c10-9(16)11-6-2-1-4(7(12)13)3-5(6)8(14)15/h1-3H,(H,12,13)(H,14,15)(H3,10,11,16). The molecule has 0 saturated heterocycles. The van der Waals surface area contributed by atoms with E-state index >= 15 is 0 Å². The van der Waals surface area contributed by atoms with E-state index in [0.717, 1.165) is 12.1 Å². The van der Waals surface area contributed by atoms with Crippen LogP contribution in [0, 0.1) is 0 Å². The molecule has 0 heterocycles. The Morgan fingerprint density at radius 3 is 2.19 bits per heavy atom. The van der Waals surface area contributed by atoms with E-state index in [0.29, 0.717) is 0 Å². The lowest BCUT2D eigenvalue weighted by molar-refractivity contribution is 0.0696. The summed E-state index contributed by atoms with van der Waals surface area (Å²) in [7, 11) is 0. The second-order valence-corrected chi connectivity index (χ2v) is 2.86. The lowest BCUT2D eigenvalue weighted by atomic mass is 10.1. The molecule has 16 heavy (non-hydrogen) atoms. The Kier molecular flexibility index (Phi) is 3.09. The molecule has 0 fully saturated rings. The first-order valence-electron chi connectivity index (χ1n) is 4.09. The van der Waals surface area contributed by atoms with E-state index in [4.69, 9.17) is 15.9 Å². The maximum atomic E-state index is 10.8. The molecule has 2 amide bonds. The summed E-state index contributed by atoms with van der Waals surface area (Å²) in [6.45, 7) is 0. The highest BCUT2D eigenvalue weighted by Crippen LogP contribution is 2.17. The number of nitrogens with two attached hydrogens (primary N) is 1. The summed E-state index contributed by atoms with van der Waals surface area (Å²) in [6, 6.07) is 2.35. The van der Waals surface area contributed by atoms with Gasteiger partial charge in [-0.3, -0.25) is 0 Å². The molecule has 0 saturated carbocycles. The molecule has 0 bridgehead atoms. The van der Waals surface area contributed by atoms with Crippen molar-refractivity contribution in [2.24, 2.45) is 5.73 Å². The molecule has 0 radical (unpaired) electrons. The van der Waals surface area contributed by atoms with Crippen LogP contribution in [-0.2, 0) is 0 Å². The predicted molar refractivity (Wildman–Crippen MR) is 53.6 cm³/mol. The zero-order valence-corrected chi connectivity index (χ0v) is 7.93. The Bertz CT molecular complexity index is 469. The zero-order valence-electron chi connectivity index (χ0n) is 7.93. The molecule has 0 unspecified atom stereocenters. The number of benzene rings is 1. The summed E-state index contributed by atoms with van der Waals surface area (Å²) in [5, 5.41) is 19.5. The fourth-order valence-corrected chi connectivity index (χ4v) is 1.10. The van der Waals surface area contributed by atoms with Crippen LogP contribution >= 0.6 is 0 Å². The monoisotopic (exact) mass is 224 g/mol. The number of hydrogen-bond donors (Lipinski definition) is 4.